The van der Waals surface area contributed by atoms with Gasteiger partial charge in [0.15, 0.2) is 11.5 Å². The first-order chi connectivity index (χ1) is 11.2. The number of hydrogen-bond acceptors (Lipinski definition) is 5. The summed E-state index contributed by atoms with van der Waals surface area (Å²) in [6, 6.07) is 6.02. The van der Waals surface area contributed by atoms with Crippen LogP contribution in [-0.4, -0.2) is 37.9 Å². The Bertz CT molecular complexity index is 832. The maximum absolute atomic E-state index is 4.41. The van der Waals surface area contributed by atoms with Gasteiger partial charge in [0.2, 0.25) is 0 Å². The Morgan fingerprint density at radius 1 is 1.04 bits per heavy atom. The summed E-state index contributed by atoms with van der Waals surface area (Å²) in [5, 5.41) is 17.1. The van der Waals surface area contributed by atoms with E-state index in [2.05, 4.69) is 43.5 Å². The number of hydrogen-bond donors (Lipinski definition) is 0. The Morgan fingerprint density at radius 3 is 2.70 bits per heavy atom. The van der Waals surface area contributed by atoms with Crippen molar-refractivity contribution in [2.75, 3.05) is 18.0 Å². The fraction of sp³-hybridized carbons (Fsp3) is 0.412. The average Bonchev–Trinajstić information content (AvgIpc) is 3.02. The molecule has 6 heteroatoms. The fourth-order valence-corrected chi connectivity index (χ4v) is 3.31. The molecule has 6 nitrogen and oxygen atoms in total. The smallest absolute Gasteiger partial charge is 0.160 e. The summed E-state index contributed by atoms with van der Waals surface area (Å²) in [5.41, 5.74) is 3.34. The summed E-state index contributed by atoms with van der Waals surface area (Å²) in [7, 11) is 0. The van der Waals surface area contributed by atoms with Gasteiger partial charge in [-0.3, -0.25) is 4.40 Å². The molecular weight excluding hydrogens is 288 g/mol. The molecule has 0 radical (unpaired) electrons. The lowest BCUT2D eigenvalue weighted by molar-refractivity contribution is 0.478. The van der Waals surface area contributed by atoms with E-state index in [-0.39, 0.29) is 0 Å². The first-order valence-corrected chi connectivity index (χ1v) is 8.07. The molecule has 3 aromatic rings. The van der Waals surface area contributed by atoms with Crippen molar-refractivity contribution >= 4 is 11.5 Å². The highest BCUT2D eigenvalue weighted by Gasteiger charge is 2.26. The van der Waals surface area contributed by atoms with E-state index in [1.165, 1.54) is 11.1 Å². The molecule has 0 unspecified atom stereocenters. The van der Waals surface area contributed by atoms with Gasteiger partial charge in [0.05, 0.1) is 6.20 Å². The fourth-order valence-electron chi connectivity index (χ4n) is 3.31. The minimum atomic E-state index is 0.446. The van der Waals surface area contributed by atoms with Crippen molar-refractivity contribution in [3.8, 4) is 0 Å². The summed E-state index contributed by atoms with van der Waals surface area (Å²) in [6.07, 6.45) is 6.00. The lowest BCUT2D eigenvalue weighted by Gasteiger charge is -2.32. The van der Waals surface area contributed by atoms with Crippen molar-refractivity contribution in [2.45, 2.75) is 32.6 Å². The molecule has 1 fully saturated rings. The number of rotatable bonds is 2. The normalized spacial score (nSPS) is 16.2. The lowest BCUT2D eigenvalue weighted by Crippen LogP contribution is -2.34. The molecule has 0 spiro atoms. The van der Waals surface area contributed by atoms with E-state index in [0.29, 0.717) is 5.92 Å². The number of fused-ring (bicyclic) bond motifs is 1. The van der Waals surface area contributed by atoms with E-state index in [9.17, 15) is 0 Å². The minimum Gasteiger partial charge on any atom is -0.355 e. The summed E-state index contributed by atoms with van der Waals surface area (Å²) < 4.78 is 2.11. The summed E-state index contributed by atoms with van der Waals surface area (Å²) in [6.45, 7) is 6.16. The second kappa shape index (κ2) is 5.61. The number of aromatic nitrogens is 5. The van der Waals surface area contributed by atoms with Gasteiger partial charge in [0.1, 0.15) is 5.82 Å². The molecule has 23 heavy (non-hydrogen) atoms. The Hall–Kier alpha value is -2.50. The van der Waals surface area contributed by atoms with Crippen LogP contribution in [-0.2, 0) is 0 Å². The lowest BCUT2D eigenvalue weighted by atomic mass is 9.95. The van der Waals surface area contributed by atoms with Crippen LogP contribution < -0.4 is 4.90 Å². The first-order valence-electron chi connectivity index (χ1n) is 8.07. The molecule has 0 N–H and O–H groups in total. The molecule has 118 valence electrons. The van der Waals surface area contributed by atoms with Crippen molar-refractivity contribution in [2.24, 2.45) is 0 Å². The standard InChI is InChI=1S/C17H20N6/c1-12-11-18-20-16(13(12)2)22-9-6-14(7-10-22)17-21-19-15-5-3-4-8-23(15)17/h3-5,8,11,14H,6-7,9-10H2,1-2H3. The predicted molar refractivity (Wildman–Crippen MR) is 88.7 cm³/mol. The second-order valence-electron chi connectivity index (χ2n) is 6.22. The maximum atomic E-state index is 4.41. The third kappa shape index (κ3) is 2.44. The molecule has 0 aromatic carbocycles. The quantitative estimate of drug-likeness (QED) is 0.728. The number of piperidine rings is 1. The Morgan fingerprint density at radius 2 is 1.87 bits per heavy atom. The van der Waals surface area contributed by atoms with Crippen LogP contribution in [0.4, 0.5) is 5.82 Å². The molecular formula is C17H20N6. The molecule has 4 heterocycles. The van der Waals surface area contributed by atoms with Crippen LogP contribution in [0.25, 0.3) is 5.65 Å². The monoisotopic (exact) mass is 308 g/mol. The second-order valence-corrected chi connectivity index (χ2v) is 6.22. The van der Waals surface area contributed by atoms with Crippen LogP contribution in [0.2, 0.25) is 0 Å². The largest absolute Gasteiger partial charge is 0.355 e. The van der Waals surface area contributed by atoms with E-state index in [1.807, 2.05) is 30.6 Å². The molecule has 1 aliphatic heterocycles. The van der Waals surface area contributed by atoms with E-state index in [1.54, 1.807) is 0 Å². The zero-order chi connectivity index (χ0) is 15.8. The van der Waals surface area contributed by atoms with Crippen LogP contribution in [0.15, 0.2) is 30.6 Å². The highest BCUT2D eigenvalue weighted by atomic mass is 15.3. The van der Waals surface area contributed by atoms with Gasteiger partial charge in [-0.05, 0) is 49.9 Å². The minimum absolute atomic E-state index is 0.446. The van der Waals surface area contributed by atoms with Crippen LogP contribution in [0.3, 0.4) is 0 Å². The van der Waals surface area contributed by atoms with Gasteiger partial charge in [-0.1, -0.05) is 6.07 Å². The molecule has 1 aliphatic rings. The van der Waals surface area contributed by atoms with Crippen molar-refractivity contribution in [3.63, 3.8) is 0 Å². The molecule has 1 saturated heterocycles. The van der Waals surface area contributed by atoms with Crippen molar-refractivity contribution in [1.82, 2.24) is 24.8 Å². The Balaban J connectivity index is 1.54. The van der Waals surface area contributed by atoms with E-state index >= 15 is 0 Å². The number of anilines is 1. The molecule has 0 aliphatic carbocycles. The first kappa shape index (κ1) is 14.1. The van der Waals surface area contributed by atoms with Gasteiger partial charge in [0.25, 0.3) is 0 Å². The van der Waals surface area contributed by atoms with Gasteiger partial charge in [-0.25, -0.2) is 0 Å². The van der Waals surface area contributed by atoms with Crippen molar-refractivity contribution in [1.29, 1.82) is 0 Å². The van der Waals surface area contributed by atoms with Crippen LogP contribution in [0.1, 0.15) is 35.7 Å². The zero-order valence-electron chi connectivity index (χ0n) is 13.5. The SMILES string of the molecule is Cc1cnnc(N2CCC(c3nnc4ccccn34)CC2)c1C. The van der Waals surface area contributed by atoms with Gasteiger partial charge in [0, 0.05) is 25.2 Å². The zero-order valence-corrected chi connectivity index (χ0v) is 13.5. The van der Waals surface area contributed by atoms with E-state index in [0.717, 1.165) is 43.2 Å². The van der Waals surface area contributed by atoms with Crippen LogP contribution >= 0.6 is 0 Å². The van der Waals surface area contributed by atoms with Crippen molar-refractivity contribution in [3.05, 3.63) is 47.5 Å². The molecule has 0 amide bonds. The number of nitrogens with zero attached hydrogens (tertiary/aromatic N) is 6. The van der Waals surface area contributed by atoms with Gasteiger partial charge >= 0.3 is 0 Å². The van der Waals surface area contributed by atoms with Gasteiger partial charge in [-0.15, -0.1) is 15.3 Å². The van der Waals surface area contributed by atoms with Crippen LogP contribution in [0.5, 0.6) is 0 Å². The molecule has 3 aromatic heterocycles. The van der Waals surface area contributed by atoms with Gasteiger partial charge in [-0.2, -0.15) is 5.10 Å². The third-order valence-corrected chi connectivity index (χ3v) is 4.83. The average molecular weight is 308 g/mol. The van der Waals surface area contributed by atoms with Crippen LogP contribution in [0, 0.1) is 13.8 Å². The van der Waals surface area contributed by atoms with E-state index in [4.69, 9.17) is 0 Å². The highest BCUT2D eigenvalue weighted by Crippen LogP contribution is 2.30. The Kier molecular flexibility index (Phi) is 3.44. The molecule has 0 atom stereocenters. The molecule has 4 rings (SSSR count). The molecule has 0 saturated carbocycles. The van der Waals surface area contributed by atoms with E-state index < -0.39 is 0 Å². The number of pyridine rings is 1. The summed E-state index contributed by atoms with van der Waals surface area (Å²) in [5.74, 6) is 2.54. The number of aryl methyl sites for hydroxylation is 1. The predicted octanol–water partition coefficient (Wildman–Crippen LogP) is 2.52. The van der Waals surface area contributed by atoms with Gasteiger partial charge < -0.3 is 4.90 Å². The Labute approximate surface area is 135 Å². The molecule has 0 bridgehead atoms. The van der Waals surface area contributed by atoms with Crippen molar-refractivity contribution < 1.29 is 0 Å². The summed E-state index contributed by atoms with van der Waals surface area (Å²) in [4.78, 5) is 2.34. The maximum Gasteiger partial charge on any atom is 0.160 e. The highest BCUT2D eigenvalue weighted by molar-refractivity contribution is 5.48. The topological polar surface area (TPSA) is 59.2 Å². The third-order valence-electron chi connectivity index (χ3n) is 4.83. The summed E-state index contributed by atoms with van der Waals surface area (Å²) >= 11 is 0.